The van der Waals surface area contributed by atoms with Crippen LogP contribution in [0.3, 0.4) is 0 Å². The van der Waals surface area contributed by atoms with Crippen molar-refractivity contribution >= 4 is 15.0 Å². The molecule has 0 spiro atoms. The molecule has 6 heteroatoms. The van der Waals surface area contributed by atoms with Crippen molar-refractivity contribution in [3.05, 3.63) is 30.3 Å². The molecule has 0 unspecified atom stereocenters. The summed E-state index contributed by atoms with van der Waals surface area (Å²) in [4.78, 5) is 0.00491. The van der Waals surface area contributed by atoms with Gasteiger partial charge in [-0.25, -0.2) is 8.42 Å². The quantitative estimate of drug-likeness (QED) is 0.292. The lowest BCUT2D eigenvalue weighted by Crippen LogP contribution is -2.24. The van der Waals surface area contributed by atoms with Crippen LogP contribution in [0.15, 0.2) is 40.4 Å². The van der Waals surface area contributed by atoms with Gasteiger partial charge < -0.3 is 10.9 Å². The van der Waals surface area contributed by atoms with Gasteiger partial charge in [0, 0.05) is 0 Å². The number of sulfone groups is 1. The van der Waals surface area contributed by atoms with Gasteiger partial charge in [0.05, 0.1) is 4.90 Å². The smallest absolute Gasteiger partial charge is 0.260 e. The Morgan fingerprint density at radius 2 is 1.85 bits per heavy atom. The fourth-order valence-electron chi connectivity index (χ4n) is 0.774. The number of nitrogens with two attached hydrogens (primary N) is 1. The second-order valence-electron chi connectivity index (χ2n) is 2.25. The Kier molecular flexibility index (Phi) is 2.52. The van der Waals surface area contributed by atoms with E-state index >= 15 is 0 Å². The molecule has 0 aromatic heterocycles. The minimum atomic E-state index is -3.81. The zero-order valence-corrected chi connectivity index (χ0v) is 7.40. The van der Waals surface area contributed by atoms with Gasteiger partial charge in [-0.2, -0.15) is 0 Å². The summed E-state index contributed by atoms with van der Waals surface area (Å²) in [7, 11) is -3.81. The third kappa shape index (κ3) is 1.78. The summed E-state index contributed by atoms with van der Waals surface area (Å²) in [6.07, 6.45) is 0. The van der Waals surface area contributed by atoms with Crippen molar-refractivity contribution in [2.24, 2.45) is 10.9 Å². The molecule has 0 saturated heterocycles. The van der Waals surface area contributed by atoms with Crippen LogP contribution in [0.5, 0.6) is 0 Å². The van der Waals surface area contributed by atoms with Crippen LogP contribution >= 0.6 is 0 Å². The van der Waals surface area contributed by atoms with E-state index in [1.807, 2.05) is 0 Å². The predicted octanol–water partition coefficient (Wildman–Crippen LogP) is 0.164. The first-order chi connectivity index (χ1) is 6.09. The van der Waals surface area contributed by atoms with Crippen LogP contribution in [0.4, 0.5) is 0 Å². The number of hydrogen-bond donors (Lipinski definition) is 2. The van der Waals surface area contributed by atoms with Crippen molar-refractivity contribution < 1.29 is 13.6 Å². The molecule has 13 heavy (non-hydrogen) atoms. The fraction of sp³-hybridized carbons (Fsp3) is 0. The lowest BCUT2D eigenvalue weighted by molar-refractivity contribution is 0.319. The molecular formula is C7H8N2O3S. The molecule has 0 bridgehead atoms. The Labute approximate surface area is 75.4 Å². The van der Waals surface area contributed by atoms with E-state index < -0.39 is 15.0 Å². The SMILES string of the molecule is N/C(=N/O)S(=O)(=O)c1ccccc1. The Hall–Kier alpha value is -1.56. The number of oxime groups is 1. The summed E-state index contributed by atoms with van der Waals surface area (Å²) in [6, 6.07) is 7.52. The lowest BCUT2D eigenvalue weighted by atomic mass is 10.4. The topological polar surface area (TPSA) is 92.8 Å². The number of nitrogens with zero attached hydrogens (tertiary/aromatic N) is 1. The molecule has 0 aliphatic carbocycles. The van der Waals surface area contributed by atoms with Crippen LogP contribution < -0.4 is 5.73 Å². The predicted molar refractivity (Wildman–Crippen MR) is 47.0 cm³/mol. The van der Waals surface area contributed by atoms with Crippen LogP contribution in [0, 0.1) is 0 Å². The molecule has 0 aliphatic heterocycles. The molecule has 1 rings (SSSR count). The zero-order chi connectivity index (χ0) is 9.90. The molecule has 0 heterocycles. The van der Waals surface area contributed by atoms with Gasteiger partial charge in [0.15, 0.2) is 0 Å². The van der Waals surface area contributed by atoms with E-state index in [9.17, 15) is 8.42 Å². The highest BCUT2D eigenvalue weighted by atomic mass is 32.2. The van der Waals surface area contributed by atoms with Gasteiger partial charge in [-0.05, 0) is 12.1 Å². The lowest BCUT2D eigenvalue weighted by Gasteiger charge is -2.00. The van der Waals surface area contributed by atoms with Crippen molar-refractivity contribution in [1.29, 1.82) is 0 Å². The third-order valence-corrected chi connectivity index (χ3v) is 2.95. The Morgan fingerprint density at radius 3 is 2.31 bits per heavy atom. The molecule has 0 saturated carbocycles. The highest BCUT2D eigenvalue weighted by molar-refractivity contribution is 8.06. The van der Waals surface area contributed by atoms with Gasteiger partial charge in [-0.15, -0.1) is 0 Å². The first-order valence-electron chi connectivity index (χ1n) is 3.36. The first kappa shape index (κ1) is 9.53. The molecule has 3 N–H and O–H groups in total. The number of benzene rings is 1. The number of rotatable bonds is 1. The molecule has 1 aromatic carbocycles. The van der Waals surface area contributed by atoms with Gasteiger partial charge in [0.1, 0.15) is 0 Å². The van der Waals surface area contributed by atoms with Gasteiger partial charge in [-0.1, -0.05) is 23.4 Å². The molecule has 0 radical (unpaired) electrons. The second-order valence-corrected chi connectivity index (χ2v) is 4.15. The fourth-order valence-corrected chi connectivity index (χ4v) is 1.64. The highest BCUT2D eigenvalue weighted by Crippen LogP contribution is 2.09. The molecular weight excluding hydrogens is 192 g/mol. The van der Waals surface area contributed by atoms with Crippen molar-refractivity contribution in [1.82, 2.24) is 0 Å². The maximum Gasteiger partial charge on any atom is 0.260 e. The highest BCUT2D eigenvalue weighted by Gasteiger charge is 2.19. The number of amidine groups is 1. The van der Waals surface area contributed by atoms with Gasteiger partial charge in [0.25, 0.3) is 5.17 Å². The number of hydrogen-bond acceptors (Lipinski definition) is 4. The van der Waals surface area contributed by atoms with Crippen LogP contribution in [-0.4, -0.2) is 18.8 Å². The molecule has 0 amide bonds. The monoisotopic (exact) mass is 200 g/mol. The van der Waals surface area contributed by atoms with Crippen LogP contribution in [-0.2, 0) is 9.84 Å². The molecule has 0 aliphatic rings. The second kappa shape index (κ2) is 3.44. The largest absolute Gasteiger partial charge is 0.409 e. The summed E-state index contributed by atoms with van der Waals surface area (Å²) >= 11 is 0. The average Bonchev–Trinajstić information content (AvgIpc) is 2.18. The Bertz CT molecular complexity index is 411. The van der Waals surface area contributed by atoms with Crippen LogP contribution in [0.2, 0.25) is 0 Å². The summed E-state index contributed by atoms with van der Waals surface area (Å²) in [5, 5.41) is 9.85. The maximum atomic E-state index is 11.3. The van der Waals surface area contributed by atoms with E-state index in [2.05, 4.69) is 5.16 Å². The third-order valence-electron chi connectivity index (χ3n) is 1.43. The maximum absolute atomic E-state index is 11.3. The van der Waals surface area contributed by atoms with Crippen molar-refractivity contribution in [2.45, 2.75) is 4.90 Å². The van der Waals surface area contributed by atoms with Gasteiger partial charge in [0.2, 0.25) is 9.84 Å². The van der Waals surface area contributed by atoms with Crippen molar-refractivity contribution in [2.75, 3.05) is 0 Å². The van der Waals surface area contributed by atoms with E-state index in [-0.39, 0.29) is 4.90 Å². The standard InChI is InChI=1S/C7H8N2O3S/c8-7(9-10)13(11,12)6-4-2-1-3-5-6/h1-5,10H,(H2,8,9). The van der Waals surface area contributed by atoms with E-state index in [1.54, 1.807) is 18.2 Å². The van der Waals surface area contributed by atoms with E-state index in [0.717, 1.165) is 0 Å². The first-order valence-corrected chi connectivity index (χ1v) is 4.85. The van der Waals surface area contributed by atoms with Crippen LogP contribution in [0.1, 0.15) is 0 Å². The van der Waals surface area contributed by atoms with Crippen molar-refractivity contribution in [3.63, 3.8) is 0 Å². The summed E-state index contributed by atoms with van der Waals surface area (Å²) in [5.41, 5.74) is 4.99. The van der Waals surface area contributed by atoms with E-state index in [4.69, 9.17) is 10.9 Å². The molecule has 5 nitrogen and oxygen atoms in total. The van der Waals surface area contributed by atoms with Gasteiger partial charge >= 0.3 is 0 Å². The molecule has 70 valence electrons. The molecule has 0 fully saturated rings. The van der Waals surface area contributed by atoms with Gasteiger partial charge in [-0.3, -0.25) is 0 Å². The van der Waals surface area contributed by atoms with Crippen LogP contribution in [0.25, 0.3) is 0 Å². The Morgan fingerprint density at radius 1 is 1.31 bits per heavy atom. The molecule has 1 aromatic rings. The summed E-state index contributed by atoms with van der Waals surface area (Å²) in [5.74, 6) is 0. The minimum absolute atomic E-state index is 0.00491. The normalized spacial score (nSPS) is 12.8. The summed E-state index contributed by atoms with van der Waals surface area (Å²) < 4.78 is 22.7. The average molecular weight is 200 g/mol. The molecule has 0 atom stereocenters. The minimum Gasteiger partial charge on any atom is -0.409 e. The zero-order valence-electron chi connectivity index (χ0n) is 6.58. The summed E-state index contributed by atoms with van der Waals surface area (Å²) in [6.45, 7) is 0. The Balaban J connectivity index is 3.25. The van der Waals surface area contributed by atoms with E-state index in [1.165, 1.54) is 12.1 Å². The van der Waals surface area contributed by atoms with Crippen molar-refractivity contribution in [3.8, 4) is 0 Å². The van der Waals surface area contributed by atoms with E-state index in [0.29, 0.717) is 0 Å².